The van der Waals surface area contributed by atoms with Gasteiger partial charge in [-0.3, -0.25) is 14.2 Å². The number of carbonyl (C=O) groups is 1. The number of rotatable bonds is 7. The minimum absolute atomic E-state index is 0.0419. The number of benzene rings is 3. The van der Waals surface area contributed by atoms with Crippen LogP contribution in [0.5, 0.6) is 11.5 Å². The molecule has 0 saturated heterocycles. The van der Waals surface area contributed by atoms with Gasteiger partial charge in [0, 0.05) is 10.6 Å². The lowest BCUT2D eigenvalue weighted by Crippen LogP contribution is -2.24. The highest BCUT2D eigenvalue weighted by molar-refractivity contribution is 7.99. The molecule has 172 valence electrons. The van der Waals surface area contributed by atoms with E-state index in [9.17, 15) is 14.7 Å². The van der Waals surface area contributed by atoms with E-state index in [0.717, 1.165) is 11.8 Å². The number of aromatic hydroxyl groups is 1. The molecule has 4 rings (SSSR count). The van der Waals surface area contributed by atoms with Gasteiger partial charge in [-0.05, 0) is 48.5 Å². The van der Waals surface area contributed by atoms with E-state index in [1.165, 1.54) is 17.9 Å². The van der Waals surface area contributed by atoms with Crippen molar-refractivity contribution >= 4 is 46.4 Å². The molecule has 34 heavy (non-hydrogen) atoms. The second kappa shape index (κ2) is 10.4. The summed E-state index contributed by atoms with van der Waals surface area (Å²) in [6.07, 6.45) is 1.32. The van der Waals surface area contributed by atoms with Crippen LogP contribution in [0, 0.1) is 0 Å². The molecule has 0 bridgehead atoms. The van der Waals surface area contributed by atoms with Crippen LogP contribution in [0.15, 0.2) is 81.8 Å². The van der Waals surface area contributed by atoms with Gasteiger partial charge in [0.1, 0.15) is 0 Å². The number of fused-ring (bicyclic) bond motifs is 1. The van der Waals surface area contributed by atoms with Crippen LogP contribution in [0.25, 0.3) is 16.6 Å². The molecule has 0 aliphatic rings. The molecule has 0 aliphatic carbocycles. The fourth-order valence-corrected chi connectivity index (χ4v) is 4.10. The number of phenolic OH excluding ortho intramolecular Hbond substituents is 1. The average molecular weight is 495 g/mol. The summed E-state index contributed by atoms with van der Waals surface area (Å²) in [6, 6.07) is 18.8. The number of carbonyl (C=O) groups excluding carboxylic acids is 1. The highest BCUT2D eigenvalue weighted by Crippen LogP contribution is 2.28. The molecule has 1 amide bonds. The summed E-state index contributed by atoms with van der Waals surface area (Å²) in [7, 11) is 1.44. The predicted molar refractivity (Wildman–Crippen MR) is 133 cm³/mol. The standard InChI is InChI=1S/C24H19ClN4O4S/c1-33-20-8-4-5-15(22(20)31)13-26-28-21(30)14-34-24-27-19-7-3-2-6-18(19)23(32)29(24)17-11-9-16(25)10-12-17/h2-13,31H,14H2,1H3,(H,28,30)/b26-13-. The Morgan fingerprint density at radius 2 is 1.94 bits per heavy atom. The Labute approximate surface area is 203 Å². The molecule has 10 heteroatoms. The lowest BCUT2D eigenvalue weighted by molar-refractivity contribution is -0.118. The molecule has 0 saturated carbocycles. The van der Waals surface area contributed by atoms with Gasteiger partial charge in [-0.25, -0.2) is 10.4 Å². The Morgan fingerprint density at radius 3 is 2.71 bits per heavy atom. The van der Waals surface area contributed by atoms with Crippen molar-refractivity contribution in [1.82, 2.24) is 15.0 Å². The maximum atomic E-state index is 13.2. The van der Waals surface area contributed by atoms with Crippen molar-refractivity contribution in [2.24, 2.45) is 5.10 Å². The van der Waals surface area contributed by atoms with Crippen molar-refractivity contribution in [3.8, 4) is 17.2 Å². The first kappa shape index (κ1) is 23.3. The van der Waals surface area contributed by atoms with Crippen LogP contribution in [0.3, 0.4) is 0 Å². The maximum Gasteiger partial charge on any atom is 0.266 e. The van der Waals surface area contributed by atoms with Gasteiger partial charge in [0.25, 0.3) is 11.5 Å². The minimum atomic E-state index is -0.409. The van der Waals surface area contributed by atoms with Crippen LogP contribution in [0.4, 0.5) is 0 Å². The third kappa shape index (κ3) is 5.05. The summed E-state index contributed by atoms with van der Waals surface area (Å²) in [6.45, 7) is 0. The van der Waals surface area contributed by atoms with E-state index in [2.05, 4.69) is 15.5 Å². The number of phenols is 1. The second-order valence-corrected chi connectivity index (χ2v) is 8.39. The van der Waals surface area contributed by atoms with E-state index in [1.807, 2.05) is 0 Å². The van der Waals surface area contributed by atoms with Crippen LogP contribution < -0.4 is 15.7 Å². The first-order valence-electron chi connectivity index (χ1n) is 10.1. The zero-order valence-electron chi connectivity index (χ0n) is 17.9. The SMILES string of the molecule is COc1cccc(/C=N\NC(=O)CSc2nc3ccccc3c(=O)n2-c2ccc(Cl)cc2)c1O. The number of hydrogen-bond acceptors (Lipinski definition) is 7. The van der Waals surface area contributed by atoms with Crippen molar-refractivity contribution in [3.05, 3.63) is 87.7 Å². The number of ether oxygens (including phenoxy) is 1. The molecule has 1 heterocycles. The lowest BCUT2D eigenvalue weighted by atomic mass is 10.2. The van der Waals surface area contributed by atoms with Crippen LogP contribution in [0.1, 0.15) is 5.56 Å². The van der Waals surface area contributed by atoms with E-state index in [-0.39, 0.29) is 17.1 Å². The Bertz CT molecular complexity index is 1440. The van der Waals surface area contributed by atoms with Crippen molar-refractivity contribution in [3.63, 3.8) is 0 Å². The summed E-state index contributed by atoms with van der Waals surface area (Å²) >= 11 is 7.10. The van der Waals surface area contributed by atoms with Crippen molar-refractivity contribution in [2.45, 2.75) is 5.16 Å². The maximum absolute atomic E-state index is 13.2. The zero-order valence-corrected chi connectivity index (χ0v) is 19.5. The quantitative estimate of drug-likeness (QED) is 0.174. The molecule has 0 atom stereocenters. The van der Waals surface area contributed by atoms with Gasteiger partial charge >= 0.3 is 0 Å². The van der Waals surface area contributed by atoms with Gasteiger partial charge in [0.2, 0.25) is 0 Å². The number of nitrogens with one attached hydrogen (secondary N) is 1. The molecular weight excluding hydrogens is 476 g/mol. The predicted octanol–water partition coefficient (Wildman–Crippen LogP) is 4.00. The molecular formula is C24H19ClN4O4S. The molecule has 0 fully saturated rings. The van der Waals surface area contributed by atoms with E-state index < -0.39 is 5.91 Å². The molecule has 0 radical (unpaired) electrons. The molecule has 8 nitrogen and oxygen atoms in total. The monoisotopic (exact) mass is 494 g/mol. The van der Waals surface area contributed by atoms with E-state index in [4.69, 9.17) is 16.3 Å². The van der Waals surface area contributed by atoms with Crippen LogP contribution in [0.2, 0.25) is 5.02 Å². The molecule has 1 aromatic heterocycles. The first-order valence-corrected chi connectivity index (χ1v) is 11.4. The molecule has 4 aromatic rings. The largest absolute Gasteiger partial charge is 0.504 e. The molecule has 2 N–H and O–H groups in total. The number of amides is 1. The first-order chi connectivity index (χ1) is 16.5. The van der Waals surface area contributed by atoms with Crippen LogP contribution in [-0.2, 0) is 4.79 Å². The third-order valence-corrected chi connectivity index (χ3v) is 6.00. The van der Waals surface area contributed by atoms with Gasteiger partial charge in [0.15, 0.2) is 16.7 Å². The highest BCUT2D eigenvalue weighted by Gasteiger charge is 2.15. The van der Waals surface area contributed by atoms with Gasteiger partial charge in [-0.1, -0.05) is 41.6 Å². The summed E-state index contributed by atoms with van der Waals surface area (Å²) in [5, 5.41) is 15.3. The van der Waals surface area contributed by atoms with Crippen molar-refractivity contribution < 1.29 is 14.6 Å². The van der Waals surface area contributed by atoms with E-state index in [0.29, 0.717) is 38.1 Å². The molecule has 0 unspecified atom stereocenters. The Kier molecular flexibility index (Phi) is 7.15. The zero-order chi connectivity index (χ0) is 24.1. The Balaban J connectivity index is 1.55. The topological polar surface area (TPSA) is 106 Å². The van der Waals surface area contributed by atoms with Gasteiger partial charge in [-0.2, -0.15) is 5.10 Å². The number of para-hydroxylation sites is 2. The fraction of sp³-hybridized carbons (Fsp3) is 0.0833. The highest BCUT2D eigenvalue weighted by atomic mass is 35.5. The van der Waals surface area contributed by atoms with E-state index >= 15 is 0 Å². The Morgan fingerprint density at radius 1 is 1.18 bits per heavy atom. The van der Waals surface area contributed by atoms with Crippen LogP contribution >= 0.6 is 23.4 Å². The number of nitrogens with zero attached hydrogens (tertiary/aromatic N) is 3. The summed E-state index contributed by atoms with van der Waals surface area (Å²) in [5.74, 6) is -0.230. The second-order valence-electron chi connectivity index (χ2n) is 7.01. The molecule has 0 aliphatic heterocycles. The van der Waals surface area contributed by atoms with Gasteiger partial charge in [-0.15, -0.1) is 0 Å². The number of hydrogen-bond donors (Lipinski definition) is 2. The van der Waals surface area contributed by atoms with Gasteiger partial charge in [0.05, 0.1) is 35.7 Å². The van der Waals surface area contributed by atoms with Crippen molar-refractivity contribution in [2.75, 3.05) is 12.9 Å². The average Bonchev–Trinajstić information content (AvgIpc) is 2.85. The molecule has 0 spiro atoms. The number of halogens is 1. The van der Waals surface area contributed by atoms with Crippen molar-refractivity contribution in [1.29, 1.82) is 0 Å². The summed E-state index contributed by atoms with van der Waals surface area (Å²) < 4.78 is 6.50. The number of aromatic nitrogens is 2. The lowest BCUT2D eigenvalue weighted by Gasteiger charge is -2.13. The number of thioether (sulfide) groups is 1. The summed E-state index contributed by atoms with van der Waals surface area (Å²) in [4.78, 5) is 30.2. The smallest absolute Gasteiger partial charge is 0.266 e. The summed E-state index contributed by atoms with van der Waals surface area (Å²) in [5.41, 5.74) is 3.67. The van der Waals surface area contributed by atoms with Crippen LogP contribution in [-0.4, -0.2) is 39.6 Å². The fourth-order valence-electron chi connectivity index (χ4n) is 3.17. The Hall–Kier alpha value is -3.82. The van der Waals surface area contributed by atoms with Gasteiger partial charge < -0.3 is 9.84 Å². The minimum Gasteiger partial charge on any atom is -0.504 e. The van der Waals surface area contributed by atoms with E-state index in [1.54, 1.807) is 66.7 Å². The normalized spacial score (nSPS) is 11.1. The third-order valence-electron chi connectivity index (χ3n) is 4.81. The molecule has 3 aromatic carbocycles. The number of methoxy groups -OCH3 is 1. The number of hydrazone groups is 1.